The first-order chi connectivity index (χ1) is 8.11. The molecular weight excluding hydrogens is 346 g/mol. The van der Waals surface area contributed by atoms with Gasteiger partial charge in [0.1, 0.15) is 5.82 Å². The molecule has 0 aliphatic carbocycles. The zero-order chi connectivity index (χ0) is 12.4. The number of aryl methyl sites for hydroxylation is 1. The van der Waals surface area contributed by atoms with Crippen molar-refractivity contribution in [2.24, 2.45) is 0 Å². The number of hydrogen-bond acceptors (Lipinski definition) is 3. The number of hydrogen-bond donors (Lipinski definition) is 1. The van der Waals surface area contributed by atoms with Gasteiger partial charge in [0.2, 0.25) is 0 Å². The number of halogens is 2. The molecule has 2 aromatic rings. The summed E-state index contributed by atoms with van der Waals surface area (Å²) in [6, 6.07) is 7.86. The molecule has 0 radical (unpaired) electrons. The van der Waals surface area contributed by atoms with Gasteiger partial charge >= 0.3 is 0 Å². The molecule has 0 spiro atoms. The van der Waals surface area contributed by atoms with E-state index < -0.39 is 0 Å². The van der Waals surface area contributed by atoms with Gasteiger partial charge in [0.05, 0.1) is 10.2 Å². The second-order valence-electron chi connectivity index (χ2n) is 3.56. The Labute approximate surface area is 117 Å². The lowest BCUT2D eigenvalue weighted by Gasteiger charge is -2.07. The molecule has 1 aromatic carbocycles. The van der Waals surface area contributed by atoms with E-state index in [1.54, 1.807) is 0 Å². The van der Waals surface area contributed by atoms with E-state index in [0.29, 0.717) is 11.6 Å². The third kappa shape index (κ3) is 2.66. The van der Waals surface area contributed by atoms with Crippen LogP contribution in [0.25, 0.3) is 11.4 Å². The molecule has 0 atom stereocenters. The summed E-state index contributed by atoms with van der Waals surface area (Å²) < 4.78 is 1.79. The Hall–Kier alpha value is -0.940. The molecule has 0 bridgehead atoms. The third-order valence-corrected chi connectivity index (χ3v) is 3.72. The monoisotopic (exact) mass is 355 g/mol. The molecule has 17 heavy (non-hydrogen) atoms. The number of anilines is 1. The number of nitrogens with two attached hydrogens (primary N) is 1. The van der Waals surface area contributed by atoms with E-state index in [2.05, 4.69) is 41.8 Å². The predicted octanol–water partition coefficient (Wildman–Crippen LogP) is 3.81. The van der Waals surface area contributed by atoms with Crippen LogP contribution in [0.3, 0.4) is 0 Å². The summed E-state index contributed by atoms with van der Waals surface area (Å²) in [6.45, 7) is 2.04. The molecule has 88 valence electrons. The SMILES string of the molecule is CCc1nc(-c2cccc(Br)c2)nc(N)c1Br. The standard InChI is InChI=1S/C12H11Br2N3/c1-2-9-10(14)11(15)17-12(16-9)7-4-3-5-8(13)6-7/h3-6H,2H2,1H3,(H2,15,16,17). The Balaban J connectivity index is 2.56. The quantitative estimate of drug-likeness (QED) is 0.889. The Morgan fingerprint density at radius 2 is 2.00 bits per heavy atom. The predicted molar refractivity (Wildman–Crippen MR) is 76.7 cm³/mol. The van der Waals surface area contributed by atoms with Crippen LogP contribution in [0.15, 0.2) is 33.2 Å². The van der Waals surface area contributed by atoms with E-state index in [1.165, 1.54) is 0 Å². The van der Waals surface area contributed by atoms with Crippen LogP contribution in [-0.2, 0) is 6.42 Å². The maximum atomic E-state index is 5.86. The van der Waals surface area contributed by atoms with E-state index in [4.69, 9.17) is 5.73 Å². The van der Waals surface area contributed by atoms with Gasteiger partial charge < -0.3 is 5.73 Å². The van der Waals surface area contributed by atoms with Crippen LogP contribution in [0.5, 0.6) is 0 Å². The Morgan fingerprint density at radius 3 is 2.65 bits per heavy atom. The fraction of sp³-hybridized carbons (Fsp3) is 0.167. The first-order valence-electron chi connectivity index (χ1n) is 5.19. The molecule has 0 unspecified atom stereocenters. The van der Waals surface area contributed by atoms with Crippen molar-refractivity contribution in [2.75, 3.05) is 5.73 Å². The molecule has 0 saturated carbocycles. The number of benzene rings is 1. The third-order valence-electron chi connectivity index (χ3n) is 2.36. The van der Waals surface area contributed by atoms with Gasteiger partial charge in [0.25, 0.3) is 0 Å². The Morgan fingerprint density at radius 1 is 1.24 bits per heavy atom. The molecule has 0 aliphatic heterocycles. The highest BCUT2D eigenvalue weighted by Crippen LogP contribution is 2.26. The maximum absolute atomic E-state index is 5.86. The van der Waals surface area contributed by atoms with E-state index in [-0.39, 0.29) is 0 Å². The molecule has 0 aliphatic rings. The topological polar surface area (TPSA) is 51.8 Å². The zero-order valence-electron chi connectivity index (χ0n) is 9.24. The molecule has 0 amide bonds. The van der Waals surface area contributed by atoms with Crippen molar-refractivity contribution >= 4 is 37.7 Å². The fourth-order valence-corrected chi connectivity index (χ4v) is 2.36. The second kappa shape index (κ2) is 5.14. The molecule has 1 aromatic heterocycles. The fourth-order valence-electron chi connectivity index (χ4n) is 1.50. The highest BCUT2D eigenvalue weighted by Gasteiger charge is 2.10. The molecule has 2 rings (SSSR count). The largest absolute Gasteiger partial charge is 0.383 e. The summed E-state index contributed by atoms with van der Waals surface area (Å²) in [7, 11) is 0. The van der Waals surface area contributed by atoms with Crippen molar-refractivity contribution in [3.05, 3.63) is 38.9 Å². The van der Waals surface area contributed by atoms with Crippen LogP contribution in [0.2, 0.25) is 0 Å². The normalized spacial score (nSPS) is 10.5. The summed E-state index contributed by atoms with van der Waals surface area (Å²) in [5.74, 6) is 1.13. The Kier molecular flexibility index (Phi) is 3.79. The van der Waals surface area contributed by atoms with Gasteiger partial charge in [0.15, 0.2) is 5.82 Å². The lowest BCUT2D eigenvalue weighted by molar-refractivity contribution is 0.995. The molecule has 5 heteroatoms. The molecule has 0 saturated heterocycles. The minimum absolute atomic E-state index is 0.479. The minimum Gasteiger partial charge on any atom is -0.383 e. The summed E-state index contributed by atoms with van der Waals surface area (Å²) in [5, 5.41) is 0. The number of rotatable bonds is 2. The smallest absolute Gasteiger partial charge is 0.161 e. The van der Waals surface area contributed by atoms with Gasteiger partial charge in [0, 0.05) is 10.0 Å². The Bertz CT molecular complexity index is 555. The minimum atomic E-state index is 0.479. The number of aromatic nitrogens is 2. The van der Waals surface area contributed by atoms with Gasteiger partial charge in [-0.25, -0.2) is 9.97 Å². The van der Waals surface area contributed by atoms with Crippen LogP contribution < -0.4 is 5.73 Å². The summed E-state index contributed by atoms with van der Waals surface area (Å²) in [5.41, 5.74) is 7.74. The van der Waals surface area contributed by atoms with Crippen molar-refractivity contribution in [2.45, 2.75) is 13.3 Å². The van der Waals surface area contributed by atoms with E-state index in [0.717, 1.165) is 26.6 Å². The van der Waals surface area contributed by atoms with E-state index in [1.807, 2.05) is 31.2 Å². The van der Waals surface area contributed by atoms with Crippen LogP contribution in [0, 0.1) is 0 Å². The van der Waals surface area contributed by atoms with Crippen molar-refractivity contribution in [3.8, 4) is 11.4 Å². The van der Waals surface area contributed by atoms with Gasteiger partial charge in [-0.3, -0.25) is 0 Å². The summed E-state index contributed by atoms with van der Waals surface area (Å²) in [6.07, 6.45) is 0.814. The molecule has 1 heterocycles. The average molecular weight is 357 g/mol. The first-order valence-corrected chi connectivity index (χ1v) is 6.78. The van der Waals surface area contributed by atoms with Gasteiger partial charge in [-0.15, -0.1) is 0 Å². The van der Waals surface area contributed by atoms with Gasteiger partial charge in [-0.05, 0) is 34.5 Å². The summed E-state index contributed by atoms with van der Waals surface area (Å²) in [4.78, 5) is 8.80. The maximum Gasteiger partial charge on any atom is 0.161 e. The number of nitrogen functional groups attached to an aromatic ring is 1. The lowest BCUT2D eigenvalue weighted by atomic mass is 10.2. The second-order valence-corrected chi connectivity index (χ2v) is 5.27. The van der Waals surface area contributed by atoms with Crippen LogP contribution in [-0.4, -0.2) is 9.97 Å². The number of nitrogens with zero attached hydrogens (tertiary/aromatic N) is 2. The van der Waals surface area contributed by atoms with Crippen LogP contribution in [0.1, 0.15) is 12.6 Å². The zero-order valence-corrected chi connectivity index (χ0v) is 12.4. The van der Waals surface area contributed by atoms with Crippen LogP contribution >= 0.6 is 31.9 Å². The van der Waals surface area contributed by atoms with Crippen molar-refractivity contribution in [3.63, 3.8) is 0 Å². The molecular formula is C12H11Br2N3. The van der Waals surface area contributed by atoms with Gasteiger partial charge in [-0.1, -0.05) is 35.0 Å². The summed E-state index contributed by atoms with van der Waals surface area (Å²) >= 11 is 6.83. The van der Waals surface area contributed by atoms with Crippen LogP contribution in [0.4, 0.5) is 5.82 Å². The van der Waals surface area contributed by atoms with Gasteiger partial charge in [-0.2, -0.15) is 0 Å². The van der Waals surface area contributed by atoms with E-state index >= 15 is 0 Å². The molecule has 0 fully saturated rings. The van der Waals surface area contributed by atoms with Crippen molar-refractivity contribution in [1.29, 1.82) is 0 Å². The first kappa shape index (κ1) is 12.5. The molecule has 3 nitrogen and oxygen atoms in total. The van der Waals surface area contributed by atoms with E-state index in [9.17, 15) is 0 Å². The van der Waals surface area contributed by atoms with Crippen molar-refractivity contribution in [1.82, 2.24) is 9.97 Å². The highest BCUT2D eigenvalue weighted by atomic mass is 79.9. The average Bonchev–Trinajstić information content (AvgIpc) is 2.32. The lowest BCUT2D eigenvalue weighted by Crippen LogP contribution is -2.02. The highest BCUT2D eigenvalue weighted by molar-refractivity contribution is 9.11. The molecule has 2 N–H and O–H groups in total. The van der Waals surface area contributed by atoms with Crippen molar-refractivity contribution < 1.29 is 0 Å².